The summed E-state index contributed by atoms with van der Waals surface area (Å²) in [7, 11) is 1.82. The molecule has 1 aliphatic heterocycles. The fourth-order valence-corrected chi connectivity index (χ4v) is 3.55. The first-order valence-corrected chi connectivity index (χ1v) is 11.2. The Morgan fingerprint density at radius 3 is 2.71 bits per heavy atom. The number of ether oxygens (including phenoxy) is 1. The number of likely N-dealkylation sites (tertiary alicyclic amines) is 1. The zero-order valence-corrected chi connectivity index (χ0v) is 19.9. The number of carbonyl (C=O) groups excluding carboxylic acids is 1. The van der Waals surface area contributed by atoms with E-state index in [0.717, 1.165) is 51.0 Å². The molecule has 1 saturated heterocycles. The Morgan fingerprint density at radius 2 is 2.10 bits per heavy atom. The number of aryl methyl sites for hydroxylation is 1. The summed E-state index contributed by atoms with van der Waals surface area (Å²) in [6.45, 7) is 12.6. The molecule has 2 atom stereocenters. The van der Waals surface area contributed by atoms with Gasteiger partial charge in [0.15, 0.2) is 5.96 Å². The Hall–Kier alpha value is -2.29. The van der Waals surface area contributed by atoms with Crippen LogP contribution < -0.4 is 10.6 Å². The van der Waals surface area contributed by atoms with E-state index in [0.29, 0.717) is 11.9 Å². The summed E-state index contributed by atoms with van der Waals surface area (Å²) in [6.07, 6.45) is 6.27. The van der Waals surface area contributed by atoms with Crippen molar-refractivity contribution in [3.05, 3.63) is 18.0 Å². The fraction of sp³-hybridized carbons (Fsp3) is 0.773. The van der Waals surface area contributed by atoms with Gasteiger partial charge in [-0.1, -0.05) is 0 Å². The number of aliphatic hydroxyl groups is 1. The molecular weight excluding hydrogens is 396 g/mol. The maximum atomic E-state index is 12.4. The molecule has 9 heteroatoms. The van der Waals surface area contributed by atoms with Gasteiger partial charge in [-0.3, -0.25) is 4.68 Å². The molecule has 1 amide bonds. The molecule has 31 heavy (non-hydrogen) atoms. The molecule has 3 N–H and O–H groups in total. The lowest BCUT2D eigenvalue weighted by molar-refractivity contribution is 0.0162. The molecule has 1 aromatic rings. The van der Waals surface area contributed by atoms with Crippen LogP contribution in [0.2, 0.25) is 0 Å². The van der Waals surface area contributed by atoms with E-state index in [2.05, 4.69) is 20.7 Å². The second kappa shape index (κ2) is 10.8. The van der Waals surface area contributed by atoms with Crippen LogP contribution >= 0.6 is 0 Å². The number of hydrogen-bond acceptors (Lipinski definition) is 5. The van der Waals surface area contributed by atoms with Gasteiger partial charge in [0.05, 0.1) is 12.7 Å². The van der Waals surface area contributed by atoms with Crippen LogP contribution in [0.15, 0.2) is 17.4 Å². The summed E-state index contributed by atoms with van der Waals surface area (Å²) in [4.78, 5) is 18.7. The number of rotatable bonds is 7. The van der Waals surface area contributed by atoms with E-state index in [1.54, 1.807) is 24.0 Å². The van der Waals surface area contributed by atoms with E-state index in [4.69, 9.17) is 4.74 Å². The fourth-order valence-electron chi connectivity index (χ4n) is 3.55. The molecule has 2 rings (SSSR count). The van der Waals surface area contributed by atoms with Crippen LogP contribution in [0.3, 0.4) is 0 Å². The van der Waals surface area contributed by atoms with Crippen molar-refractivity contribution in [2.75, 3.05) is 32.7 Å². The number of piperidine rings is 1. The van der Waals surface area contributed by atoms with E-state index in [-0.39, 0.29) is 12.6 Å². The summed E-state index contributed by atoms with van der Waals surface area (Å²) in [5, 5.41) is 21.4. The SMILES string of the molecule is CCNC(=NCC(C)(O)c1cnn(C)c1)NCCC1CCCN(C(=O)OC(C)(C)C)C1. The van der Waals surface area contributed by atoms with Crippen LogP contribution in [0, 0.1) is 5.92 Å². The molecule has 176 valence electrons. The van der Waals surface area contributed by atoms with Gasteiger partial charge in [0.2, 0.25) is 0 Å². The number of guanidine groups is 1. The Morgan fingerprint density at radius 1 is 1.35 bits per heavy atom. The zero-order chi connectivity index (χ0) is 23.1. The van der Waals surface area contributed by atoms with Crippen LogP contribution in [0.5, 0.6) is 0 Å². The highest BCUT2D eigenvalue weighted by Gasteiger charge is 2.28. The van der Waals surface area contributed by atoms with E-state index in [1.165, 1.54) is 0 Å². The summed E-state index contributed by atoms with van der Waals surface area (Å²) in [6, 6.07) is 0. The first kappa shape index (κ1) is 25.0. The number of aromatic nitrogens is 2. The second-order valence-electron chi connectivity index (χ2n) is 9.52. The Bertz CT molecular complexity index is 738. The quantitative estimate of drug-likeness (QED) is 0.447. The molecule has 1 aliphatic rings. The minimum atomic E-state index is -1.09. The maximum Gasteiger partial charge on any atom is 0.410 e. The minimum absolute atomic E-state index is 0.224. The Balaban J connectivity index is 1.84. The standard InChI is InChI=1S/C22H40N6O3/c1-7-23-19(25-16-22(5,30)18-13-26-27(6)15-18)24-11-10-17-9-8-12-28(14-17)20(29)31-21(2,3)4/h13,15,17,30H,7-12,14,16H2,1-6H3,(H2,23,24,25). The molecule has 0 aromatic carbocycles. The number of hydrogen-bond donors (Lipinski definition) is 3. The lowest BCUT2D eigenvalue weighted by atomic mass is 9.95. The molecule has 0 bridgehead atoms. The average Bonchev–Trinajstić information content (AvgIpc) is 3.12. The normalized spacial score (nSPS) is 19.6. The van der Waals surface area contributed by atoms with Crippen LogP contribution in [0.25, 0.3) is 0 Å². The average molecular weight is 437 g/mol. The summed E-state index contributed by atoms with van der Waals surface area (Å²) in [5.74, 6) is 1.10. The van der Waals surface area contributed by atoms with Gasteiger partial charge in [-0.05, 0) is 59.8 Å². The van der Waals surface area contributed by atoms with Crippen LogP contribution in [-0.4, -0.2) is 70.2 Å². The number of carbonyl (C=O) groups is 1. The van der Waals surface area contributed by atoms with Gasteiger partial charge >= 0.3 is 6.09 Å². The van der Waals surface area contributed by atoms with Crippen molar-refractivity contribution in [2.45, 2.75) is 65.1 Å². The third-order valence-electron chi connectivity index (χ3n) is 5.23. The Kier molecular flexibility index (Phi) is 8.73. The largest absolute Gasteiger partial charge is 0.444 e. The third-order valence-corrected chi connectivity index (χ3v) is 5.23. The summed E-state index contributed by atoms with van der Waals surface area (Å²) >= 11 is 0. The van der Waals surface area contributed by atoms with E-state index >= 15 is 0 Å². The lowest BCUT2D eigenvalue weighted by Crippen LogP contribution is -2.44. The van der Waals surface area contributed by atoms with E-state index in [9.17, 15) is 9.90 Å². The van der Waals surface area contributed by atoms with Crippen molar-refractivity contribution in [3.8, 4) is 0 Å². The minimum Gasteiger partial charge on any atom is -0.444 e. The predicted octanol–water partition coefficient (Wildman–Crippen LogP) is 2.22. The first-order chi connectivity index (χ1) is 14.5. The molecule has 1 aromatic heterocycles. The van der Waals surface area contributed by atoms with Gasteiger partial charge in [-0.15, -0.1) is 0 Å². The van der Waals surface area contributed by atoms with Gasteiger partial charge < -0.3 is 25.4 Å². The van der Waals surface area contributed by atoms with Crippen LogP contribution in [0.1, 0.15) is 59.4 Å². The molecule has 9 nitrogen and oxygen atoms in total. The number of aliphatic imine (C=N–C) groups is 1. The predicted molar refractivity (Wildman–Crippen MR) is 122 cm³/mol. The van der Waals surface area contributed by atoms with Gasteiger partial charge in [0, 0.05) is 45.0 Å². The van der Waals surface area contributed by atoms with Crippen molar-refractivity contribution >= 4 is 12.1 Å². The highest BCUT2D eigenvalue weighted by Crippen LogP contribution is 2.22. The first-order valence-electron chi connectivity index (χ1n) is 11.2. The molecule has 0 spiro atoms. The molecule has 0 aliphatic carbocycles. The van der Waals surface area contributed by atoms with Crippen molar-refractivity contribution in [1.29, 1.82) is 0 Å². The topological polar surface area (TPSA) is 104 Å². The van der Waals surface area contributed by atoms with E-state index in [1.807, 2.05) is 39.6 Å². The highest BCUT2D eigenvalue weighted by molar-refractivity contribution is 5.79. The van der Waals surface area contributed by atoms with Crippen LogP contribution in [-0.2, 0) is 17.4 Å². The van der Waals surface area contributed by atoms with Gasteiger partial charge in [0.1, 0.15) is 11.2 Å². The van der Waals surface area contributed by atoms with Gasteiger partial charge in [-0.2, -0.15) is 5.10 Å². The van der Waals surface area contributed by atoms with Crippen molar-refractivity contribution in [1.82, 2.24) is 25.3 Å². The van der Waals surface area contributed by atoms with Crippen molar-refractivity contribution in [3.63, 3.8) is 0 Å². The Labute approximate surface area is 186 Å². The van der Waals surface area contributed by atoms with Gasteiger partial charge in [-0.25, -0.2) is 9.79 Å². The van der Waals surface area contributed by atoms with E-state index < -0.39 is 11.2 Å². The van der Waals surface area contributed by atoms with Gasteiger partial charge in [0.25, 0.3) is 0 Å². The molecule has 0 radical (unpaired) electrons. The highest BCUT2D eigenvalue weighted by atomic mass is 16.6. The van der Waals surface area contributed by atoms with Crippen molar-refractivity contribution in [2.24, 2.45) is 18.0 Å². The summed E-state index contributed by atoms with van der Waals surface area (Å²) in [5.41, 5.74) is -0.827. The zero-order valence-electron chi connectivity index (χ0n) is 19.9. The maximum absolute atomic E-state index is 12.4. The molecule has 1 fully saturated rings. The smallest absolute Gasteiger partial charge is 0.410 e. The molecular formula is C22H40N6O3. The number of amides is 1. The van der Waals surface area contributed by atoms with Crippen LogP contribution in [0.4, 0.5) is 4.79 Å². The van der Waals surface area contributed by atoms with Crippen molar-refractivity contribution < 1.29 is 14.6 Å². The number of nitrogens with one attached hydrogen (secondary N) is 2. The second-order valence-corrected chi connectivity index (χ2v) is 9.52. The lowest BCUT2D eigenvalue weighted by Gasteiger charge is -2.34. The summed E-state index contributed by atoms with van der Waals surface area (Å²) < 4.78 is 7.18. The monoisotopic (exact) mass is 436 g/mol. The number of nitrogens with zero attached hydrogens (tertiary/aromatic N) is 4. The third kappa shape index (κ3) is 8.40. The molecule has 0 saturated carbocycles. The molecule has 2 heterocycles. The molecule has 2 unspecified atom stereocenters.